The van der Waals surface area contributed by atoms with Crippen LogP contribution in [0, 0.1) is 13.8 Å². The van der Waals surface area contributed by atoms with E-state index in [9.17, 15) is 14.4 Å². The van der Waals surface area contributed by atoms with E-state index < -0.39 is 5.97 Å². The Hall–Kier alpha value is -2.31. The Kier molecular flexibility index (Phi) is 6.15. The number of hydrogen-bond acceptors (Lipinski definition) is 4. The molecule has 0 atom stereocenters. The number of ether oxygens (including phenoxy) is 1. The zero-order chi connectivity index (χ0) is 16.9. The van der Waals surface area contributed by atoms with Crippen LogP contribution in [0.3, 0.4) is 0 Å². The molecule has 0 radical (unpaired) electrons. The quantitative estimate of drug-likeness (QED) is 0.617. The zero-order valence-electron chi connectivity index (χ0n) is 13.7. The Balaban J connectivity index is 3.01. The highest BCUT2D eigenvalue weighted by atomic mass is 16.5. The first kappa shape index (κ1) is 17.7. The van der Waals surface area contributed by atoms with E-state index in [0.29, 0.717) is 29.9 Å². The Bertz CT molecular complexity index is 578. The molecule has 122 valence electrons. The van der Waals surface area contributed by atoms with Crippen molar-refractivity contribution in [3.05, 3.63) is 22.5 Å². The van der Waals surface area contributed by atoms with Crippen LogP contribution in [0.4, 0.5) is 4.79 Å². The molecule has 0 fully saturated rings. The van der Waals surface area contributed by atoms with Gasteiger partial charge in [-0.2, -0.15) is 0 Å². The lowest BCUT2D eigenvalue weighted by Crippen LogP contribution is -2.42. The minimum absolute atomic E-state index is 0.0392. The molecule has 0 unspecified atom stereocenters. The maximum atomic E-state index is 12.5. The summed E-state index contributed by atoms with van der Waals surface area (Å²) < 4.78 is 4.68. The average Bonchev–Trinajstić information content (AvgIpc) is 2.78. The van der Waals surface area contributed by atoms with Crippen LogP contribution >= 0.6 is 0 Å². The first-order valence-electron chi connectivity index (χ1n) is 7.20. The van der Waals surface area contributed by atoms with Crippen molar-refractivity contribution in [3.63, 3.8) is 0 Å². The number of carbonyl (C=O) groups excluding carboxylic acids is 3. The molecule has 1 rings (SSSR count). The summed E-state index contributed by atoms with van der Waals surface area (Å²) in [6, 6.07) is -0.280. The van der Waals surface area contributed by atoms with Gasteiger partial charge in [0.2, 0.25) is 0 Å². The van der Waals surface area contributed by atoms with Crippen LogP contribution < -0.4 is 5.32 Å². The summed E-state index contributed by atoms with van der Waals surface area (Å²) in [6.07, 6.45) is 0. The second-order valence-electron chi connectivity index (χ2n) is 4.89. The normalized spacial score (nSPS) is 10.2. The van der Waals surface area contributed by atoms with Crippen LogP contribution in [0.5, 0.6) is 0 Å². The van der Waals surface area contributed by atoms with Gasteiger partial charge in [0.05, 0.1) is 13.7 Å². The predicted molar refractivity (Wildman–Crippen MR) is 82.3 cm³/mol. The molecule has 22 heavy (non-hydrogen) atoms. The number of carbonyl (C=O) groups is 3. The van der Waals surface area contributed by atoms with Gasteiger partial charge in [0.25, 0.3) is 0 Å². The van der Waals surface area contributed by atoms with E-state index in [1.807, 2.05) is 6.92 Å². The molecule has 2 N–H and O–H groups in total. The van der Waals surface area contributed by atoms with Gasteiger partial charge in [0.1, 0.15) is 5.69 Å². The number of aromatic nitrogens is 1. The molecule has 0 spiro atoms. The number of hydrogen-bond donors (Lipinski definition) is 2. The maximum Gasteiger partial charge on any atom is 0.354 e. The van der Waals surface area contributed by atoms with Crippen molar-refractivity contribution in [2.45, 2.75) is 27.7 Å². The van der Waals surface area contributed by atoms with Gasteiger partial charge in [-0.05, 0) is 33.3 Å². The topological polar surface area (TPSA) is 91.5 Å². The minimum atomic E-state index is -0.518. The van der Waals surface area contributed by atoms with Gasteiger partial charge in [-0.25, -0.2) is 9.59 Å². The molecule has 0 bridgehead atoms. The molecule has 0 aliphatic heterocycles. The number of H-pyrrole nitrogens is 1. The Morgan fingerprint density at radius 3 is 2.36 bits per heavy atom. The molecule has 0 aliphatic carbocycles. The first-order chi connectivity index (χ1) is 10.4. The smallest absolute Gasteiger partial charge is 0.354 e. The van der Waals surface area contributed by atoms with Crippen molar-refractivity contribution in [1.29, 1.82) is 0 Å². The molecule has 2 amide bonds. The Morgan fingerprint density at radius 2 is 1.86 bits per heavy atom. The lowest BCUT2D eigenvalue weighted by molar-refractivity contribution is 0.0594. The van der Waals surface area contributed by atoms with Crippen molar-refractivity contribution in [2.24, 2.45) is 0 Å². The maximum absolute atomic E-state index is 12.5. The number of methoxy groups -OCH3 is 1. The fraction of sp³-hybridized carbons (Fsp3) is 0.533. The fourth-order valence-electron chi connectivity index (χ4n) is 2.32. The summed E-state index contributed by atoms with van der Waals surface area (Å²) in [7, 11) is 1.29. The third-order valence-corrected chi connectivity index (χ3v) is 3.44. The van der Waals surface area contributed by atoms with E-state index in [4.69, 9.17) is 0 Å². The number of urea groups is 1. The van der Waals surface area contributed by atoms with Gasteiger partial charge in [0, 0.05) is 24.3 Å². The van der Waals surface area contributed by atoms with Gasteiger partial charge < -0.3 is 19.9 Å². The number of nitrogens with zero attached hydrogens (tertiary/aromatic N) is 1. The second-order valence-corrected chi connectivity index (χ2v) is 4.89. The van der Waals surface area contributed by atoms with Gasteiger partial charge in [-0.15, -0.1) is 0 Å². The third kappa shape index (κ3) is 3.66. The van der Waals surface area contributed by atoms with E-state index >= 15 is 0 Å². The highest BCUT2D eigenvalue weighted by Gasteiger charge is 2.24. The van der Waals surface area contributed by atoms with Gasteiger partial charge in [-0.1, -0.05) is 0 Å². The van der Waals surface area contributed by atoms with Crippen molar-refractivity contribution >= 4 is 17.8 Å². The first-order valence-corrected chi connectivity index (χ1v) is 7.20. The monoisotopic (exact) mass is 309 g/mol. The number of Topliss-reactive ketones (excluding diaryl/α,β-unsaturated/α-hetero) is 1. The number of amides is 2. The lowest BCUT2D eigenvalue weighted by atomic mass is 10.1. The summed E-state index contributed by atoms with van der Waals surface area (Å²) in [4.78, 5) is 40.3. The number of aryl methyl sites for hydroxylation is 1. The highest BCUT2D eigenvalue weighted by Crippen LogP contribution is 2.19. The van der Waals surface area contributed by atoms with Crippen LogP contribution in [0.25, 0.3) is 0 Å². The molecular weight excluding hydrogens is 286 g/mol. The molecule has 1 aromatic heterocycles. The number of aromatic amines is 1. The number of ketones is 1. The molecular formula is C15H23N3O4. The molecule has 1 heterocycles. The van der Waals surface area contributed by atoms with Gasteiger partial charge >= 0.3 is 12.0 Å². The van der Waals surface area contributed by atoms with Crippen LogP contribution in [0.2, 0.25) is 0 Å². The number of rotatable bonds is 6. The largest absolute Gasteiger partial charge is 0.464 e. The lowest BCUT2D eigenvalue weighted by Gasteiger charge is -2.20. The highest BCUT2D eigenvalue weighted by molar-refractivity contribution is 6.04. The van der Waals surface area contributed by atoms with Crippen LogP contribution in [-0.2, 0) is 4.74 Å². The van der Waals surface area contributed by atoms with E-state index in [1.54, 1.807) is 20.8 Å². The summed E-state index contributed by atoms with van der Waals surface area (Å²) in [5.74, 6) is -0.731. The Labute approximate surface area is 130 Å². The predicted octanol–water partition coefficient (Wildman–Crippen LogP) is 1.65. The van der Waals surface area contributed by atoms with E-state index in [0.717, 1.165) is 0 Å². The van der Waals surface area contributed by atoms with E-state index in [1.165, 1.54) is 12.0 Å². The number of likely N-dealkylation sites (N-methyl/N-ethyl adjacent to an activating group) is 1. The van der Waals surface area contributed by atoms with Crippen LogP contribution in [0.15, 0.2) is 0 Å². The number of esters is 1. The summed E-state index contributed by atoms with van der Waals surface area (Å²) >= 11 is 0. The van der Waals surface area contributed by atoms with Crippen molar-refractivity contribution < 1.29 is 19.1 Å². The van der Waals surface area contributed by atoms with Crippen molar-refractivity contribution in [2.75, 3.05) is 26.7 Å². The summed E-state index contributed by atoms with van der Waals surface area (Å²) in [5.41, 5.74) is 1.84. The Morgan fingerprint density at radius 1 is 1.23 bits per heavy atom. The molecule has 0 saturated heterocycles. The van der Waals surface area contributed by atoms with Crippen LogP contribution in [-0.4, -0.2) is 54.4 Å². The molecule has 0 aliphatic rings. The van der Waals surface area contributed by atoms with Crippen molar-refractivity contribution in [1.82, 2.24) is 15.2 Å². The standard InChI is InChI=1S/C15H23N3O4/c1-6-16-15(21)18(7-2)8-11(19)12-9(3)13(14(20)22-5)17-10(12)4/h17H,6-8H2,1-5H3,(H,16,21). The molecule has 7 heteroatoms. The van der Waals surface area contributed by atoms with E-state index in [-0.39, 0.29) is 24.1 Å². The summed E-state index contributed by atoms with van der Waals surface area (Å²) in [5, 5.41) is 2.67. The van der Waals surface area contributed by atoms with Gasteiger partial charge in [-0.3, -0.25) is 4.79 Å². The van der Waals surface area contributed by atoms with E-state index in [2.05, 4.69) is 15.0 Å². The third-order valence-electron chi connectivity index (χ3n) is 3.44. The minimum Gasteiger partial charge on any atom is -0.464 e. The molecule has 7 nitrogen and oxygen atoms in total. The zero-order valence-corrected chi connectivity index (χ0v) is 13.7. The molecule has 0 saturated carbocycles. The average molecular weight is 309 g/mol. The van der Waals surface area contributed by atoms with Gasteiger partial charge in [0.15, 0.2) is 5.78 Å². The number of nitrogens with one attached hydrogen (secondary N) is 2. The molecule has 0 aromatic carbocycles. The van der Waals surface area contributed by atoms with Crippen molar-refractivity contribution in [3.8, 4) is 0 Å². The summed E-state index contributed by atoms with van der Waals surface area (Å²) in [6.45, 7) is 7.90. The van der Waals surface area contributed by atoms with Crippen LogP contribution in [0.1, 0.15) is 46.0 Å². The fourth-order valence-corrected chi connectivity index (χ4v) is 2.32. The molecule has 1 aromatic rings. The second kappa shape index (κ2) is 7.63. The SMILES string of the molecule is CCNC(=O)N(CC)CC(=O)c1c(C)[nH]c(C(=O)OC)c1C.